The van der Waals surface area contributed by atoms with Crippen LogP contribution >= 0.6 is 0 Å². The molecule has 332 valence electrons. The van der Waals surface area contributed by atoms with Gasteiger partial charge in [-0.15, -0.1) is 0 Å². The first-order chi connectivity index (χ1) is 35.0. The maximum absolute atomic E-state index is 11.3. The van der Waals surface area contributed by atoms with Crippen LogP contribution < -0.4 is 4.90 Å². The molecule has 3 heterocycles. The van der Waals surface area contributed by atoms with Gasteiger partial charge in [0.15, 0.2) is 0 Å². The predicted octanol–water partition coefficient (Wildman–Crippen LogP) is 16.9. The summed E-state index contributed by atoms with van der Waals surface area (Å²) in [6.07, 6.45) is 5.92. The van der Waals surface area contributed by atoms with Crippen molar-refractivity contribution in [1.82, 2.24) is 13.7 Å². The summed E-state index contributed by atoms with van der Waals surface area (Å²) in [6.45, 7) is 6.13. The Hall–Kier alpha value is -9.88. The lowest BCUT2D eigenvalue weighted by Crippen LogP contribution is -2.09. The van der Waals surface area contributed by atoms with Gasteiger partial charge in [-0.05, 0) is 131 Å². The largest absolute Gasteiger partial charge is 0.310 e. The van der Waals surface area contributed by atoms with E-state index in [2.05, 4.69) is 232 Å². The van der Waals surface area contributed by atoms with E-state index in [0.29, 0.717) is 22.5 Å². The van der Waals surface area contributed by atoms with Gasteiger partial charge in [-0.1, -0.05) is 134 Å². The van der Waals surface area contributed by atoms with E-state index in [-0.39, 0.29) is 0 Å². The van der Waals surface area contributed by atoms with Crippen molar-refractivity contribution in [3.05, 3.63) is 247 Å². The molecule has 0 radical (unpaired) electrons. The zero-order valence-electron chi connectivity index (χ0n) is 38.8. The fourth-order valence-corrected chi connectivity index (χ4v) is 11.1. The average Bonchev–Trinajstić information content (AvgIpc) is 4.05. The molecule has 3 aromatic heterocycles. The molecular formula is C65H42N6. The molecule has 0 unspecified atom stereocenters. The van der Waals surface area contributed by atoms with E-state index in [1.807, 2.05) is 36.4 Å². The maximum atomic E-state index is 11.3. The topological polar surface area (TPSA) is 65.6 Å². The molecule has 0 aliphatic rings. The summed E-state index contributed by atoms with van der Waals surface area (Å²) in [5, 5.41) is 32.5. The molecule has 0 atom stereocenters. The monoisotopic (exact) mass is 906 g/mol. The zero-order chi connectivity index (χ0) is 47.7. The molecule has 0 aliphatic heterocycles. The highest BCUT2D eigenvalue weighted by atomic mass is 15.1. The van der Waals surface area contributed by atoms with Gasteiger partial charge in [0.1, 0.15) is 12.1 Å². The van der Waals surface area contributed by atoms with Crippen LogP contribution in [-0.2, 0) is 0 Å². The van der Waals surface area contributed by atoms with E-state index in [1.54, 1.807) is 0 Å². The summed E-state index contributed by atoms with van der Waals surface area (Å²) in [7, 11) is 0. The standard InChI is InChI=1S/C65H42N6/c1-3-4-26-56-42(2)51-23-15-16-27-57(51)69(56)50-31-35-59-55(39-50)65-53-25-14-12-18-44(53)29-33-61(65)71(59)63-37-45(40-66)62(36-46(63)41-67)70-58-34-30-49(68(47-19-7-5-8-20-47)48-21-9-6-10-22-48)38-54(58)64-52-24-13-11-17-43(52)28-32-60(64)70/h3-39H,1H2,2H3/b26-4-. The second-order valence-corrected chi connectivity index (χ2v) is 18.0. The van der Waals surface area contributed by atoms with Crippen molar-refractivity contribution in [3.63, 3.8) is 0 Å². The summed E-state index contributed by atoms with van der Waals surface area (Å²) >= 11 is 0. The molecule has 0 saturated heterocycles. The molecule has 6 heteroatoms. The minimum atomic E-state index is 0.450. The molecule has 0 aliphatic carbocycles. The number of rotatable bonds is 8. The first-order valence-corrected chi connectivity index (χ1v) is 23.7. The highest BCUT2D eigenvalue weighted by Gasteiger charge is 2.25. The summed E-state index contributed by atoms with van der Waals surface area (Å²) in [6, 6.07) is 77.1. The Kier molecular flexibility index (Phi) is 9.56. The summed E-state index contributed by atoms with van der Waals surface area (Å²) in [5.74, 6) is 0. The van der Waals surface area contributed by atoms with E-state index < -0.39 is 0 Å². The third-order valence-electron chi connectivity index (χ3n) is 14.2. The highest BCUT2D eigenvalue weighted by molar-refractivity contribution is 6.23. The lowest BCUT2D eigenvalue weighted by molar-refractivity contribution is 1.10. The summed E-state index contributed by atoms with van der Waals surface area (Å²) < 4.78 is 6.67. The molecule has 0 spiro atoms. The molecule has 71 heavy (non-hydrogen) atoms. The third kappa shape index (κ3) is 6.33. The number of benzene rings is 10. The number of para-hydroxylation sites is 3. The first-order valence-electron chi connectivity index (χ1n) is 23.7. The number of aromatic nitrogens is 3. The van der Waals surface area contributed by atoms with Crippen LogP contribution in [0.25, 0.3) is 99.2 Å². The number of aryl methyl sites for hydroxylation is 1. The van der Waals surface area contributed by atoms with Crippen LogP contribution in [0.5, 0.6) is 0 Å². The van der Waals surface area contributed by atoms with E-state index in [4.69, 9.17) is 0 Å². The number of allylic oxidation sites excluding steroid dienone is 2. The van der Waals surface area contributed by atoms with Gasteiger partial charge in [0, 0.05) is 55.4 Å². The van der Waals surface area contributed by atoms with Gasteiger partial charge >= 0.3 is 0 Å². The Morgan fingerprint density at radius 1 is 0.437 bits per heavy atom. The van der Waals surface area contributed by atoms with E-state index in [9.17, 15) is 10.5 Å². The lowest BCUT2D eigenvalue weighted by Gasteiger charge is -2.25. The van der Waals surface area contributed by atoms with E-state index in [0.717, 1.165) is 99.1 Å². The van der Waals surface area contributed by atoms with E-state index >= 15 is 0 Å². The van der Waals surface area contributed by atoms with Crippen molar-refractivity contribution >= 4 is 99.2 Å². The van der Waals surface area contributed by atoms with Gasteiger partial charge in [0.05, 0.1) is 50.1 Å². The Labute approximate surface area is 409 Å². The molecule has 0 fully saturated rings. The molecule has 10 aromatic carbocycles. The normalized spacial score (nSPS) is 11.7. The van der Waals surface area contributed by atoms with Crippen LogP contribution in [0.15, 0.2) is 225 Å². The van der Waals surface area contributed by atoms with Crippen LogP contribution in [0.2, 0.25) is 0 Å². The second-order valence-electron chi connectivity index (χ2n) is 18.0. The fourth-order valence-electron chi connectivity index (χ4n) is 11.1. The minimum Gasteiger partial charge on any atom is -0.310 e. The number of nitriles is 2. The molecule has 13 rings (SSSR count). The van der Waals surface area contributed by atoms with Crippen LogP contribution in [-0.4, -0.2) is 13.7 Å². The number of anilines is 3. The van der Waals surface area contributed by atoms with Gasteiger partial charge in [0.25, 0.3) is 0 Å². The van der Waals surface area contributed by atoms with Crippen molar-refractivity contribution in [3.8, 4) is 29.2 Å². The Morgan fingerprint density at radius 3 is 1.48 bits per heavy atom. The van der Waals surface area contributed by atoms with Gasteiger partial charge in [-0.3, -0.25) is 0 Å². The van der Waals surface area contributed by atoms with Crippen LogP contribution in [0.4, 0.5) is 17.1 Å². The molecule has 0 saturated carbocycles. The zero-order valence-corrected chi connectivity index (χ0v) is 38.8. The molecular weight excluding hydrogens is 865 g/mol. The van der Waals surface area contributed by atoms with Crippen molar-refractivity contribution in [2.45, 2.75) is 6.92 Å². The quantitative estimate of drug-likeness (QED) is 0.143. The predicted molar refractivity (Wildman–Crippen MR) is 295 cm³/mol. The lowest BCUT2D eigenvalue weighted by atomic mass is 10.0. The first kappa shape index (κ1) is 41.3. The highest BCUT2D eigenvalue weighted by Crippen LogP contribution is 2.44. The molecule has 0 amide bonds. The molecule has 0 N–H and O–H groups in total. The average molecular weight is 907 g/mol. The number of hydrogen-bond acceptors (Lipinski definition) is 3. The molecule has 0 bridgehead atoms. The van der Waals surface area contributed by atoms with Gasteiger partial charge in [0.2, 0.25) is 0 Å². The maximum Gasteiger partial charge on any atom is 0.101 e. The Morgan fingerprint density at radius 2 is 0.915 bits per heavy atom. The van der Waals surface area contributed by atoms with Crippen LogP contribution in [0, 0.1) is 29.6 Å². The second kappa shape index (κ2) is 16.4. The minimum absolute atomic E-state index is 0.450. The van der Waals surface area contributed by atoms with Gasteiger partial charge < -0.3 is 18.6 Å². The van der Waals surface area contributed by atoms with Crippen molar-refractivity contribution in [2.75, 3.05) is 4.90 Å². The number of nitrogens with zero attached hydrogens (tertiary/aromatic N) is 6. The van der Waals surface area contributed by atoms with Crippen molar-refractivity contribution < 1.29 is 0 Å². The van der Waals surface area contributed by atoms with Crippen molar-refractivity contribution in [1.29, 1.82) is 10.5 Å². The smallest absolute Gasteiger partial charge is 0.101 e. The van der Waals surface area contributed by atoms with Crippen LogP contribution in [0.1, 0.15) is 22.4 Å². The Bertz CT molecular complexity index is 4420. The summed E-state index contributed by atoms with van der Waals surface area (Å²) in [5.41, 5.74) is 13.4. The SMILES string of the molecule is C=C/C=C\c1c(C)c2ccccc2n1-c1ccc2c(c1)c1c3ccccc3ccc1n2-c1cc(C#N)c(-n2c3ccc(N(c4ccccc4)c4ccccc4)cc3c3c4ccccc4ccc32)cc1C#N. The third-order valence-corrected chi connectivity index (χ3v) is 14.2. The fraction of sp³-hybridized carbons (Fsp3) is 0.0154. The number of hydrogen-bond donors (Lipinski definition) is 0. The van der Waals surface area contributed by atoms with Gasteiger partial charge in [-0.25, -0.2) is 0 Å². The Balaban J connectivity index is 1.06. The van der Waals surface area contributed by atoms with Crippen LogP contribution in [0.3, 0.4) is 0 Å². The van der Waals surface area contributed by atoms with Crippen molar-refractivity contribution in [2.24, 2.45) is 0 Å². The number of fused-ring (bicyclic) bond motifs is 11. The molecule has 13 aromatic rings. The van der Waals surface area contributed by atoms with Gasteiger partial charge in [-0.2, -0.15) is 10.5 Å². The molecule has 6 nitrogen and oxygen atoms in total. The summed E-state index contributed by atoms with van der Waals surface area (Å²) in [4.78, 5) is 2.27. The van der Waals surface area contributed by atoms with E-state index in [1.165, 1.54) is 10.9 Å².